The molecule has 0 saturated carbocycles. The molecule has 0 bridgehead atoms. The summed E-state index contributed by atoms with van der Waals surface area (Å²) in [7, 11) is 1.80. The van der Waals surface area contributed by atoms with Crippen LogP contribution < -0.4 is 17.0 Å². The molecule has 2 aromatic rings. The Morgan fingerprint density at radius 1 is 1.64 bits per heavy atom. The highest BCUT2D eigenvalue weighted by molar-refractivity contribution is 5.77. The normalized spacial score (nSPS) is 11.0. The van der Waals surface area contributed by atoms with E-state index in [1.54, 1.807) is 17.7 Å². The molecule has 6 nitrogen and oxygen atoms in total. The first kappa shape index (κ1) is 8.76. The lowest BCUT2D eigenvalue weighted by atomic mass is 10.3. The van der Waals surface area contributed by atoms with Gasteiger partial charge in [-0.05, 0) is 6.07 Å². The third-order valence-electron chi connectivity index (χ3n) is 2.22. The van der Waals surface area contributed by atoms with Crippen LogP contribution >= 0.6 is 0 Å². The second-order valence-electron chi connectivity index (χ2n) is 3.09. The zero-order chi connectivity index (χ0) is 10.3. The van der Waals surface area contributed by atoms with Crippen LogP contribution in [0.4, 0.5) is 5.95 Å². The highest BCUT2D eigenvalue weighted by Crippen LogP contribution is 2.12. The van der Waals surface area contributed by atoms with Crippen molar-refractivity contribution in [3.8, 4) is 0 Å². The quantitative estimate of drug-likeness (QED) is 0.557. The van der Waals surface area contributed by atoms with Gasteiger partial charge in [-0.15, -0.1) is 0 Å². The van der Waals surface area contributed by atoms with Crippen molar-refractivity contribution >= 4 is 17.0 Å². The van der Waals surface area contributed by atoms with E-state index in [9.17, 15) is 4.79 Å². The van der Waals surface area contributed by atoms with Crippen molar-refractivity contribution in [3.05, 3.63) is 22.1 Å². The van der Waals surface area contributed by atoms with Gasteiger partial charge < -0.3 is 16.0 Å². The molecule has 5 N–H and O–H groups in total. The van der Waals surface area contributed by atoms with Gasteiger partial charge in [-0.3, -0.25) is 9.78 Å². The first-order valence-electron chi connectivity index (χ1n) is 4.17. The molecular weight excluding hydrogens is 182 g/mol. The minimum Gasteiger partial charge on any atom is -0.369 e. The van der Waals surface area contributed by atoms with Gasteiger partial charge in [0, 0.05) is 19.3 Å². The van der Waals surface area contributed by atoms with Gasteiger partial charge in [0.05, 0.1) is 5.39 Å². The third kappa shape index (κ3) is 1.08. The summed E-state index contributed by atoms with van der Waals surface area (Å²) in [6, 6.07) is 1.72. The number of nitrogens with one attached hydrogen (secondary N) is 1. The van der Waals surface area contributed by atoms with Crippen LogP contribution in [0.5, 0.6) is 0 Å². The maximum absolute atomic E-state index is 11.5. The number of aromatic nitrogens is 3. The zero-order valence-corrected chi connectivity index (χ0v) is 7.74. The molecular formula is C8H11N5O. The molecule has 0 spiro atoms. The number of aryl methyl sites for hydroxylation is 1. The molecule has 0 unspecified atom stereocenters. The summed E-state index contributed by atoms with van der Waals surface area (Å²) in [5.41, 5.74) is 12.1. The van der Waals surface area contributed by atoms with Gasteiger partial charge in [-0.25, -0.2) is 0 Å². The molecule has 0 amide bonds. The van der Waals surface area contributed by atoms with E-state index >= 15 is 0 Å². The average molecular weight is 193 g/mol. The lowest BCUT2D eigenvalue weighted by molar-refractivity contribution is 0.839. The van der Waals surface area contributed by atoms with Gasteiger partial charge in [0.2, 0.25) is 5.95 Å². The number of nitrogen functional groups attached to an aromatic ring is 1. The van der Waals surface area contributed by atoms with E-state index in [2.05, 4.69) is 9.97 Å². The van der Waals surface area contributed by atoms with E-state index in [1.165, 1.54) is 0 Å². The fourth-order valence-electron chi connectivity index (χ4n) is 1.47. The Hall–Kier alpha value is -1.82. The highest BCUT2D eigenvalue weighted by Gasteiger charge is 2.09. The molecule has 2 aromatic heterocycles. The van der Waals surface area contributed by atoms with Crippen LogP contribution in [0.3, 0.4) is 0 Å². The van der Waals surface area contributed by atoms with Gasteiger partial charge >= 0.3 is 0 Å². The molecule has 0 aliphatic heterocycles. The molecule has 0 atom stereocenters. The van der Waals surface area contributed by atoms with E-state index < -0.39 is 0 Å². The molecule has 74 valence electrons. The lowest BCUT2D eigenvalue weighted by Gasteiger charge is -1.99. The summed E-state index contributed by atoms with van der Waals surface area (Å²) >= 11 is 0. The van der Waals surface area contributed by atoms with Crippen LogP contribution in [-0.4, -0.2) is 14.5 Å². The molecule has 0 aliphatic rings. The molecule has 0 aliphatic carbocycles. The second kappa shape index (κ2) is 2.85. The third-order valence-corrected chi connectivity index (χ3v) is 2.22. The largest absolute Gasteiger partial charge is 0.369 e. The van der Waals surface area contributed by atoms with Crippen LogP contribution in [0.1, 0.15) is 5.69 Å². The van der Waals surface area contributed by atoms with E-state index in [0.29, 0.717) is 17.6 Å². The van der Waals surface area contributed by atoms with Crippen molar-refractivity contribution in [1.29, 1.82) is 0 Å². The first-order chi connectivity index (χ1) is 6.63. The van der Waals surface area contributed by atoms with Crippen molar-refractivity contribution in [2.45, 2.75) is 6.54 Å². The molecule has 6 heteroatoms. The number of hydrogen-bond donors (Lipinski definition) is 3. The maximum atomic E-state index is 11.5. The average Bonchev–Trinajstić information content (AvgIpc) is 2.44. The summed E-state index contributed by atoms with van der Waals surface area (Å²) in [6.45, 7) is 0.367. The predicted octanol–water partition coefficient (Wildman–Crippen LogP) is -0.697. The van der Waals surface area contributed by atoms with E-state index in [-0.39, 0.29) is 11.5 Å². The van der Waals surface area contributed by atoms with Crippen molar-refractivity contribution in [1.82, 2.24) is 14.5 Å². The van der Waals surface area contributed by atoms with E-state index in [0.717, 1.165) is 5.69 Å². The van der Waals surface area contributed by atoms with Crippen LogP contribution in [-0.2, 0) is 13.6 Å². The second-order valence-corrected chi connectivity index (χ2v) is 3.09. The van der Waals surface area contributed by atoms with E-state index in [4.69, 9.17) is 11.5 Å². The Bertz CT molecular complexity index is 538. The Balaban J connectivity index is 2.92. The maximum Gasteiger partial charge on any atom is 0.261 e. The van der Waals surface area contributed by atoms with Crippen LogP contribution in [0.25, 0.3) is 11.0 Å². The summed E-state index contributed by atoms with van der Waals surface area (Å²) in [4.78, 5) is 17.9. The summed E-state index contributed by atoms with van der Waals surface area (Å²) in [5.74, 6) is 0.118. The minimum absolute atomic E-state index is 0.118. The van der Waals surface area contributed by atoms with Gasteiger partial charge in [0.25, 0.3) is 5.56 Å². The summed E-state index contributed by atoms with van der Waals surface area (Å²) in [6.07, 6.45) is 0. The number of nitrogens with zero attached hydrogens (tertiary/aromatic N) is 2. The molecule has 0 aromatic carbocycles. The molecule has 0 fully saturated rings. The highest BCUT2D eigenvalue weighted by atomic mass is 16.1. The van der Waals surface area contributed by atoms with Crippen LogP contribution in [0, 0.1) is 0 Å². The van der Waals surface area contributed by atoms with Gasteiger partial charge in [0.15, 0.2) is 0 Å². The number of hydrogen-bond acceptors (Lipinski definition) is 4. The zero-order valence-electron chi connectivity index (χ0n) is 7.74. The Labute approximate surface area is 79.5 Å². The Morgan fingerprint density at radius 2 is 2.36 bits per heavy atom. The SMILES string of the molecule is Cn1c(CN)cc2c(=O)[nH]c(N)nc21. The molecule has 14 heavy (non-hydrogen) atoms. The molecule has 0 saturated heterocycles. The van der Waals surface area contributed by atoms with Crippen molar-refractivity contribution in [3.63, 3.8) is 0 Å². The van der Waals surface area contributed by atoms with Crippen molar-refractivity contribution in [2.24, 2.45) is 12.8 Å². The predicted molar refractivity (Wildman–Crippen MR) is 53.6 cm³/mol. The number of rotatable bonds is 1. The van der Waals surface area contributed by atoms with Gasteiger partial charge in [-0.2, -0.15) is 4.98 Å². The Kier molecular flexibility index (Phi) is 1.78. The number of anilines is 1. The fraction of sp³-hybridized carbons (Fsp3) is 0.250. The minimum atomic E-state index is -0.234. The van der Waals surface area contributed by atoms with Crippen molar-refractivity contribution in [2.75, 3.05) is 5.73 Å². The van der Waals surface area contributed by atoms with Crippen LogP contribution in [0.15, 0.2) is 10.9 Å². The molecule has 0 radical (unpaired) electrons. The fourth-order valence-corrected chi connectivity index (χ4v) is 1.47. The number of aromatic amines is 1. The van der Waals surface area contributed by atoms with Gasteiger partial charge in [-0.1, -0.05) is 0 Å². The number of H-pyrrole nitrogens is 1. The molecule has 2 rings (SSSR count). The summed E-state index contributed by atoms with van der Waals surface area (Å²) in [5, 5.41) is 0.516. The number of nitrogens with two attached hydrogens (primary N) is 2. The Morgan fingerprint density at radius 3 is 3.00 bits per heavy atom. The standard InChI is InChI=1S/C8H11N5O/c1-13-4(3-9)2-5-6(13)11-8(10)12-7(5)14/h2H,3,9H2,1H3,(H3,10,11,12,14). The lowest BCUT2D eigenvalue weighted by Crippen LogP contribution is -2.11. The summed E-state index contributed by atoms with van der Waals surface area (Å²) < 4.78 is 1.76. The van der Waals surface area contributed by atoms with Crippen molar-refractivity contribution < 1.29 is 0 Å². The molecule has 2 heterocycles. The monoisotopic (exact) mass is 193 g/mol. The van der Waals surface area contributed by atoms with Gasteiger partial charge in [0.1, 0.15) is 5.65 Å². The topological polar surface area (TPSA) is 103 Å². The number of fused-ring (bicyclic) bond motifs is 1. The van der Waals surface area contributed by atoms with Crippen LogP contribution in [0.2, 0.25) is 0 Å². The first-order valence-corrected chi connectivity index (χ1v) is 4.17. The smallest absolute Gasteiger partial charge is 0.261 e. The van der Waals surface area contributed by atoms with E-state index in [1.807, 2.05) is 0 Å².